The fourth-order valence-electron chi connectivity index (χ4n) is 2.80. The molecular formula is C21H24ClN3O3S3. The van der Waals surface area contributed by atoms with Crippen molar-refractivity contribution in [3.05, 3.63) is 56.2 Å². The third-order valence-corrected chi connectivity index (χ3v) is 9.08. The summed E-state index contributed by atoms with van der Waals surface area (Å²) in [6.07, 6.45) is 0.658. The van der Waals surface area contributed by atoms with Crippen LogP contribution in [0.2, 0.25) is 5.02 Å². The fourth-order valence-corrected chi connectivity index (χ4v) is 6.06. The lowest BCUT2D eigenvalue weighted by atomic mass is 10.2. The monoisotopic (exact) mass is 497 g/mol. The van der Waals surface area contributed by atoms with Crippen molar-refractivity contribution in [3.8, 4) is 10.6 Å². The third kappa shape index (κ3) is 5.53. The second-order valence-electron chi connectivity index (χ2n) is 7.28. The van der Waals surface area contributed by atoms with Crippen molar-refractivity contribution in [3.63, 3.8) is 0 Å². The van der Waals surface area contributed by atoms with Crippen molar-refractivity contribution in [1.29, 1.82) is 0 Å². The number of aromatic nitrogens is 1. The van der Waals surface area contributed by atoms with Gasteiger partial charge in [-0.3, -0.25) is 4.79 Å². The second-order valence-corrected chi connectivity index (χ2v) is 11.9. The summed E-state index contributed by atoms with van der Waals surface area (Å²) in [4.78, 5) is 19.4. The van der Waals surface area contributed by atoms with E-state index < -0.39 is 15.9 Å². The highest BCUT2D eigenvalue weighted by Crippen LogP contribution is 2.29. The van der Waals surface area contributed by atoms with Crippen molar-refractivity contribution >= 4 is 50.2 Å². The highest BCUT2D eigenvalue weighted by Gasteiger charge is 2.25. The minimum absolute atomic E-state index is 0.0414. The number of halogens is 1. The Morgan fingerprint density at radius 3 is 2.65 bits per heavy atom. The first-order valence-electron chi connectivity index (χ1n) is 9.66. The molecule has 0 fully saturated rings. The SMILES string of the molecule is Cc1nc(-c2ccc(CCNC(=O)c3cc(S(=O)(=O)N(C)C(C)C)ccc3Cl)s2)cs1. The molecule has 2 heterocycles. The number of nitrogens with one attached hydrogen (secondary N) is 1. The summed E-state index contributed by atoms with van der Waals surface area (Å²) >= 11 is 9.44. The van der Waals surface area contributed by atoms with Gasteiger partial charge in [0.1, 0.15) is 0 Å². The number of thiazole rings is 1. The molecule has 0 aliphatic carbocycles. The van der Waals surface area contributed by atoms with E-state index in [0.717, 1.165) is 20.5 Å². The molecule has 10 heteroatoms. The van der Waals surface area contributed by atoms with E-state index in [9.17, 15) is 13.2 Å². The lowest BCUT2D eigenvalue weighted by molar-refractivity contribution is 0.0954. The van der Waals surface area contributed by atoms with Crippen molar-refractivity contribution in [1.82, 2.24) is 14.6 Å². The first-order valence-corrected chi connectivity index (χ1v) is 13.2. The number of carbonyl (C=O) groups is 1. The van der Waals surface area contributed by atoms with Gasteiger partial charge >= 0.3 is 0 Å². The van der Waals surface area contributed by atoms with Gasteiger partial charge in [-0.2, -0.15) is 4.31 Å². The Balaban J connectivity index is 1.66. The number of benzene rings is 1. The van der Waals surface area contributed by atoms with Gasteiger partial charge in [-0.25, -0.2) is 13.4 Å². The van der Waals surface area contributed by atoms with E-state index >= 15 is 0 Å². The van der Waals surface area contributed by atoms with Gasteiger partial charge in [0.25, 0.3) is 5.91 Å². The predicted molar refractivity (Wildman–Crippen MR) is 128 cm³/mol. The normalized spacial score (nSPS) is 12.0. The third-order valence-electron chi connectivity index (χ3n) is 4.78. The molecule has 3 aromatic rings. The number of carbonyl (C=O) groups excluding carboxylic acids is 1. The second kappa shape index (κ2) is 9.79. The van der Waals surface area contributed by atoms with Crippen LogP contribution < -0.4 is 5.32 Å². The minimum Gasteiger partial charge on any atom is -0.352 e. The quantitative estimate of drug-likeness (QED) is 0.483. The first-order chi connectivity index (χ1) is 14.6. The van der Waals surface area contributed by atoms with Crippen molar-refractivity contribution < 1.29 is 13.2 Å². The topological polar surface area (TPSA) is 79.4 Å². The van der Waals surface area contributed by atoms with Gasteiger partial charge in [0.15, 0.2) is 0 Å². The number of aryl methyl sites for hydroxylation is 1. The summed E-state index contributed by atoms with van der Waals surface area (Å²) < 4.78 is 26.7. The summed E-state index contributed by atoms with van der Waals surface area (Å²) in [5.41, 5.74) is 1.11. The Morgan fingerprint density at radius 2 is 2.00 bits per heavy atom. The molecule has 0 aliphatic heterocycles. The molecule has 0 atom stereocenters. The van der Waals surface area contributed by atoms with Gasteiger partial charge in [0.05, 0.1) is 31.1 Å². The van der Waals surface area contributed by atoms with Crippen molar-refractivity contribution in [2.24, 2.45) is 0 Å². The van der Waals surface area contributed by atoms with Crippen LogP contribution in [0, 0.1) is 6.92 Å². The molecule has 0 bridgehead atoms. The number of nitrogens with zero attached hydrogens (tertiary/aromatic N) is 2. The Bertz CT molecular complexity index is 1190. The van der Waals surface area contributed by atoms with E-state index in [2.05, 4.69) is 10.3 Å². The van der Waals surface area contributed by atoms with Gasteiger partial charge in [-0.15, -0.1) is 22.7 Å². The smallest absolute Gasteiger partial charge is 0.252 e. The van der Waals surface area contributed by atoms with Crippen LogP contribution in [0.4, 0.5) is 0 Å². The summed E-state index contributed by atoms with van der Waals surface area (Å²) in [6.45, 7) is 5.96. The molecule has 0 unspecified atom stereocenters. The van der Waals surface area contributed by atoms with Crippen LogP contribution in [-0.4, -0.2) is 43.2 Å². The van der Waals surface area contributed by atoms with Crippen molar-refractivity contribution in [2.75, 3.05) is 13.6 Å². The lowest BCUT2D eigenvalue weighted by Gasteiger charge is -2.21. The maximum Gasteiger partial charge on any atom is 0.252 e. The Labute approximate surface area is 196 Å². The van der Waals surface area contributed by atoms with Gasteiger partial charge < -0.3 is 5.32 Å². The zero-order chi connectivity index (χ0) is 22.8. The van der Waals surface area contributed by atoms with E-state index in [4.69, 9.17) is 11.6 Å². The molecular weight excluding hydrogens is 474 g/mol. The molecule has 0 radical (unpaired) electrons. The van der Waals surface area contributed by atoms with Crippen LogP contribution in [0.25, 0.3) is 10.6 Å². The molecule has 0 saturated heterocycles. The van der Waals surface area contributed by atoms with Crippen LogP contribution in [0.5, 0.6) is 0 Å². The summed E-state index contributed by atoms with van der Waals surface area (Å²) in [7, 11) is -2.19. The summed E-state index contributed by atoms with van der Waals surface area (Å²) in [5, 5.41) is 6.10. The number of hydrogen-bond donors (Lipinski definition) is 1. The molecule has 166 valence electrons. The first kappa shape index (κ1) is 23.9. The van der Waals surface area contributed by atoms with Gasteiger partial charge in [-0.05, 0) is 57.5 Å². The standard InChI is InChI=1S/C21H24ClN3O3S3/c1-13(2)25(4)31(27,28)16-6-7-18(22)17(11-16)21(26)23-10-9-15-5-8-20(30-15)19-12-29-14(3)24-19/h5-8,11-13H,9-10H2,1-4H3,(H,23,26). The Kier molecular flexibility index (Phi) is 7.54. The Hall–Kier alpha value is -1.78. The van der Waals surface area contributed by atoms with E-state index in [1.165, 1.54) is 29.6 Å². The maximum atomic E-state index is 12.7. The van der Waals surface area contributed by atoms with E-state index in [1.54, 1.807) is 36.5 Å². The molecule has 1 amide bonds. The zero-order valence-electron chi connectivity index (χ0n) is 17.7. The average Bonchev–Trinajstić information content (AvgIpc) is 3.36. The average molecular weight is 498 g/mol. The number of rotatable bonds is 8. The van der Waals surface area contributed by atoms with Crippen LogP contribution >= 0.6 is 34.3 Å². The molecule has 0 aliphatic rings. The number of thiophene rings is 1. The van der Waals surface area contributed by atoms with Crippen LogP contribution in [-0.2, 0) is 16.4 Å². The van der Waals surface area contributed by atoms with Crippen LogP contribution in [0.1, 0.15) is 34.1 Å². The maximum absolute atomic E-state index is 12.7. The molecule has 3 rings (SSSR count). The van der Waals surface area contributed by atoms with E-state index in [-0.39, 0.29) is 21.5 Å². The predicted octanol–water partition coefficient (Wildman–Crippen LogP) is 4.83. The molecule has 31 heavy (non-hydrogen) atoms. The molecule has 2 aromatic heterocycles. The van der Waals surface area contributed by atoms with Crippen LogP contribution in [0.3, 0.4) is 0 Å². The summed E-state index contributed by atoms with van der Waals surface area (Å²) in [6, 6.07) is 8.05. The number of sulfonamides is 1. The highest BCUT2D eigenvalue weighted by atomic mass is 35.5. The van der Waals surface area contributed by atoms with Gasteiger partial charge in [0, 0.05) is 29.9 Å². The van der Waals surface area contributed by atoms with E-state index in [0.29, 0.717) is 13.0 Å². The Morgan fingerprint density at radius 1 is 1.26 bits per heavy atom. The highest BCUT2D eigenvalue weighted by molar-refractivity contribution is 7.89. The zero-order valence-corrected chi connectivity index (χ0v) is 20.9. The van der Waals surface area contributed by atoms with Gasteiger partial charge in [-0.1, -0.05) is 11.6 Å². The van der Waals surface area contributed by atoms with Gasteiger partial charge in [0.2, 0.25) is 10.0 Å². The number of hydrogen-bond acceptors (Lipinski definition) is 6. The molecule has 0 spiro atoms. The molecule has 1 aromatic carbocycles. The largest absolute Gasteiger partial charge is 0.352 e. The fraction of sp³-hybridized carbons (Fsp3) is 0.333. The number of amides is 1. The molecule has 1 N–H and O–H groups in total. The van der Waals surface area contributed by atoms with Crippen molar-refractivity contribution in [2.45, 2.75) is 38.1 Å². The van der Waals surface area contributed by atoms with Crippen LogP contribution in [0.15, 0.2) is 40.6 Å². The van der Waals surface area contributed by atoms with E-state index in [1.807, 2.05) is 24.4 Å². The molecule has 0 saturated carbocycles. The molecule has 6 nitrogen and oxygen atoms in total. The summed E-state index contributed by atoms with van der Waals surface area (Å²) in [5.74, 6) is -0.402. The minimum atomic E-state index is -3.71. The lowest BCUT2D eigenvalue weighted by Crippen LogP contribution is -2.33.